The summed E-state index contributed by atoms with van der Waals surface area (Å²) in [5.41, 5.74) is 0.612. The van der Waals surface area contributed by atoms with E-state index < -0.39 is 0 Å². The maximum atomic E-state index is 12.5. The molecule has 1 saturated carbocycles. The van der Waals surface area contributed by atoms with Crippen LogP contribution in [-0.2, 0) is 20.9 Å². The van der Waals surface area contributed by atoms with Crippen LogP contribution in [0.3, 0.4) is 0 Å². The Kier molecular flexibility index (Phi) is 2.20. The quantitative estimate of drug-likeness (QED) is 0.774. The number of amides is 1. The first kappa shape index (κ1) is 11.8. The van der Waals surface area contributed by atoms with Crippen molar-refractivity contribution in [2.45, 2.75) is 31.5 Å². The lowest BCUT2D eigenvalue weighted by Crippen LogP contribution is -2.55. The van der Waals surface area contributed by atoms with Gasteiger partial charge in [-0.15, -0.1) is 0 Å². The molecule has 2 saturated heterocycles. The fourth-order valence-electron chi connectivity index (χ4n) is 3.28. The zero-order chi connectivity index (χ0) is 13.9. The maximum absolute atomic E-state index is 12.5. The van der Waals surface area contributed by atoms with Crippen LogP contribution in [0.4, 0.5) is 0 Å². The van der Waals surface area contributed by atoms with E-state index in [0.29, 0.717) is 6.54 Å². The van der Waals surface area contributed by atoms with Crippen LogP contribution in [0, 0.1) is 5.41 Å². The molecule has 0 N–H and O–H groups in total. The zero-order valence-electron chi connectivity index (χ0n) is 11.2. The molecule has 0 radical (unpaired) electrons. The average molecular weight is 273 g/mol. The third-order valence-corrected chi connectivity index (χ3v) is 4.64. The number of esters is 1. The topological polar surface area (TPSA) is 55.8 Å². The molecule has 2 heterocycles. The zero-order valence-corrected chi connectivity index (χ0v) is 11.2. The van der Waals surface area contributed by atoms with Crippen molar-refractivity contribution in [1.82, 2.24) is 4.90 Å². The van der Waals surface area contributed by atoms with Gasteiger partial charge in [0.2, 0.25) is 5.91 Å². The predicted molar refractivity (Wildman–Crippen MR) is 68.9 cm³/mol. The Morgan fingerprint density at radius 3 is 2.55 bits per heavy atom. The van der Waals surface area contributed by atoms with Crippen molar-refractivity contribution in [1.29, 1.82) is 0 Å². The molecule has 0 bridgehead atoms. The standard InChI is InChI=1S/C15H15NO4/c1-19-10-4-2-9(3-5-10)8-16-11-12(20-13(11)17)15(6-7-15)14(16)18/h2-5,11-12H,6-8H2,1H3/t11?,12-/m1/s1. The lowest BCUT2D eigenvalue weighted by Gasteiger charge is -2.34. The lowest BCUT2D eigenvalue weighted by molar-refractivity contribution is -0.183. The van der Waals surface area contributed by atoms with E-state index in [1.807, 2.05) is 24.3 Å². The van der Waals surface area contributed by atoms with E-state index in [1.54, 1.807) is 12.0 Å². The molecule has 1 spiro atoms. The predicted octanol–water partition coefficient (Wildman–Crippen LogP) is 1.11. The summed E-state index contributed by atoms with van der Waals surface area (Å²) in [5.74, 6) is 0.593. The first-order valence-electron chi connectivity index (χ1n) is 6.80. The number of likely N-dealkylation sites (tertiary alicyclic amines) is 1. The van der Waals surface area contributed by atoms with E-state index in [-0.39, 0.29) is 29.4 Å². The van der Waals surface area contributed by atoms with Gasteiger partial charge < -0.3 is 14.4 Å². The van der Waals surface area contributed by atoms with E-state index in [9.17, 15) is 9.59 Å². The second-order valence-electron chi connectivity index (χ2n) is 5.74. The summed E-state index contributed by atoms with van der Waals surface area (Å²) >= 11 is 0. The molecule has 0 aromatic heterocycles. The molecule has 3 fully saturated rings. The van der Waals surface area contributed by atoms with Crippen LogP contribution in [0.2, 0.25) is 0 Å². The molecule has 5 nitrogen and oxygen atoms in total. The van der Waals surface area contributed by atoms with Gasteiger partial charge in [0.1, 0.15) is 11.9 Å². The number of fused-ring (bicyclic) bond motifs is 2. The molecule has 3 aliphatic rings. The van der Waals surface area contributed by atoms with Crippen LogP contribution in [0.15, 0.2) is 24.3 Å². The summed E-state index contributed by atoms with van der Waals surface area (Å²) in [6, 6.07) is 7.19. The normalized spacial score (nSPS) is 28.9. The minimum atomic E-state index is -0.384. The Labute approximate surface area is 116 Å². The van der Waals surface area contributed by atoms with Crippen molar-refractivity contribution >= 4 is 11.9 Å². The minimum absolute atomic E-state index is 0.0779. The van der Waals surface area contributed by atoms with Gasteiger partial charge in [0, 0.05) is 6.54 Å². The molecular formula is C15H15NO4. The number of carbonyl (C=O) groups excluding carboxylic acids is 2. The maximum Gasteiger partial charge on any atom is 0.333 e. The van der Waals surface area contributed by atoms with Crippen LogP contribution in [0.25, 0.3) is 0 Å². The summed E-state index contributed by atoms with van der Waals surface area (Å²) in [4.78, 5) is 25.8. The fourth-order valence-corrected chi connectivity index (χ4v) is 3.28. The number of nitrogens with zero attached hydrogens (tertiary/aromatic N) is 1. The molecule has 2 atom stereocenters. The van der Waals surface area contributed by atoms with Crippen molar-refractivity contribution in [2.75, 3.05) is 7.11 Å². The summed E-state index contributed by atoms with van der Waals surface area (Å²) in [6.07, 6.45) is 1.49. The summed E-state index contributed by atoms with van der Waals surface area (Å²) < 4.78 is 10.3. The first-order valence-corrected chi connectivity index (χ1v) is 6.80. The van der Waals surface area contributed by atoms with E-state index in [1.165, 1.54) is 0 Å². The molecule has 20 heavy (non-hydrogen) atoms. The van der Waals surface area contributed by atoms with Gasteiger partial charge in [-0.05, 0) is 30.5 Å². The van der Waals surface area contributed by atoms with Gasteiger partial charge in [-0.1, -0.05) is 12.1 Å². The Bertz CT molecular complexity index is 590. The largest absolute Gasteiger partial charge is 0.497 e. The monoisotopic (exact) mass is 273 g/mol. The van der Waals surface area contributed by atoms with E-state index in [2.05, 4.69) is 0 Å². The highest BCUT2D eigenvalue weighted by molar-refractivity contribution is 5.99. The van der Waals surface area contributed by atoms with E-state index in [0.717, 1.165) is 24.2 Å². The SMILES string of the molecule is COc1ccc(CN2C(=O)C3(CC3)[C@@H]3OC(=O)C32)cc1. The van der Waals surface area contributed by atoms with Gasteiger partial charge in [0.05, 0.1) is 12.5 Å². The molecule has 2 aliphatic heterocycles. The van der Waals surface area contributed by atoms with Crippen LogP contribution < -0.4 is 4.74 Å². The van der Waals surface area contributed by atoms with Crippen LogP contribution in [-0.4, -0.2) is 36.0 Å². The Hall–Kier alpha value is -2.04. The summed E-state index contributed by atoms with van der Waals surface area (Å²) in [5, 5.41) is 0. The highest BCUT2D eigenvalue weighted by Crippen LogP contribution is 2.60. The van der Waals surface area contributed by atoms with Crippen molar-refractivity contribution in [3.8, 4) is 5.75 Å². The number of ether oxygens (including phenoxy) is 2. The molecule has 1 amide bonds. The fraction of sp³-hybridized carbons (Fsp3) is 0.467. The number of hydrogen-bond donors (Lipinski definition) is 0. The van der Waals surface area contributed by atoms with E-state index >= 15 is 0 Å². The Morgan fingerprint density at radius 2 is 2.00 bits per heavy atom. The highest BCUT2D eigenvalue weighted by Gasteiger charge is 2.74. The third-order valence-electron chi connectivity index (χ3n) is 4.64. The molecule has 104 valence electrons. The molecule has 1 unspecified atom stereocenters. The summed E-state index contributed by atoms with van der Waals surface area (Å²) in [6.45, 7) is 0.459. The van der Waals surface area contributed by atoms with Crippen LogP contribution >= 0.6 is 0 Å². The summed E-state index contributed by atoms with van der Waals surface area (Å²) in [7, 11) is 1.62. The molecular weight excluding hydrogens is 258 g/mol. The number of benzene rings is 1. The first-order chi connectivity index (χ1) is 9.65. The molecule has 5 heteroatoms. The van der Waals surface area contributed by atoms with Crippen molar-refractivity contribution < 1.29 is 19.1 Å². The van der Waals surface area contributed by atoms with Crippen molar-refractivity contribution in [3.63, 3.8) is 0 Å². The van der Waals surface area contributed by atoms with E-state index in [4.69, 9.17) is 9.47 Å². The molecule has 4 rings (SSSR count). The second-order valence-corrected chi connectivity index (χ2v) is 5.74. The number of hydrogen-bond acceptors (Lipinski definition) is 4. The Morgan fingerprint density at radius 1 is 1.30 bits per heavy atom. The molecule has 1 aliphatic carbocycles. The third kappa shape index (κ3) is 1.38. The Balaban J connectivity index is 1.58. The van der Waals surface area contributed by atoms with Crippen molar-refractivity contribution in [3.05, 3.63) is 29.8 Å². The van der Waals surface area contributed by atoms with Gasteiger partial charge in [-0.3, -0.25) is 4.79 Å². The van der Waals surface area contributed by atoms with Crippen LogP contribution in [0.5, 0.6) is 5.75 Å². The average Bonchev–Trinajstić information content (AvgIpc) is 3.22. The number of carbonyl (C=O) groups is 2. The number of methoxy groups -OCH3 is 1. The minimum Gasteiger partial charge on any atom is -0.497 e. The van der Waals surface area contributed by atoms with Gasteiger partial charge in [-0.25, -0.2) is 4.79 Å². The van der Waals surface area contributed by atoms with Gasteiger partial charge in [0.25, 0.3) is 0 Å². The second kappa shape index (κ2) is 3.75. The van der Waals surface area contributed by atoms with Gasteiger partial charge in [-0.2, -0.15) is 0 Å². The van der Waals surface area contributed by atoms with Crippen molar-refractivity contribution in [2.24, 2.45) is 5.41 Å². The molecule has 1 aromatic rings. The number of rotatable bonds is 3. The lowest BCUT2D eigenvalue weighted by atomic mass is 9.94. The van der Waals surface area contributed by atoms with Gasteiger partial charge in [0.15, 0.2) is 6.04 Å². The van der Waals surface area contributed by atoms with Gasteiger partial charge >= 0.3 is 5.97 Å². The molecule has 1 aromatic carbocycles. The highest BCUT2D eigenvalue weighted by atomic mass is 16.6. The van der Waals surface area contributed by atoms with Crippen LogP contribution in [0.1, 0.15) is 18.4 Å². The smallest absolute Gasteiger partial charge is 0.333 e.